The summed E-state index contributed by atoms with van der Waals surface area (Å²) in [6.45, 7) is 0. The maximum absolute atomic E-state index is 13.4. The maximum atomic E-state index is 13.4. The van der Waals surface area contributed by atoms with E-state index in [1.807, 2.05) is 0 Å². The third kappa shape index (κ3) is 1.87. The van der Waals surface area contributed by atoms with E-state index in [1.54, 1.807) is 12.4 Å². The fourth-order valence-corrected chi connectivity index (χ4v) is 1.77. The second-order valence-corrected chi connectivity index (χ2v) is 4.09. The molecular formula is C9H5BrF2N2S. The summed E-state index contributed by atoms with van der Waals surface area (Å²) in [5.41, 5.74) is 0.203. The van der Waals surface area contributed by atoms with E-state index in [2.05, 4.69) is 20.9 Å². The van der Waals surface area contributed by atoms with E-state index < -0.39 is 11.6 Å². The first-order valence-corrected chi connectivity index (χ1v) is 5.20. The predicted octanol–water partition coefficient (Wildman–Crippen LogP) is 3.58. The van der Waals surface area contributed by atoms with Crippen molar-refractivity contribution in [1.82, 2.24) is 9.55 Å². The topological polar surface area (TPSA) is 20.7 Å². The van der Waals surface area contributed by atoms with Crippen molar-refractivity contribution in [2.75, 3.05) is 0 Å². The summed E-state index contributed by atoms with van der Waals surface area (Å²) < 4.78 is 28.4. The first-order chi connectivity index (χ1) is 7.09. The fraction of sp³-hybridized carbons (Fsp3) is 0. The van der Waals surface area contributed by atoms with Crippen molar-refractivity contribution in [2.24, 2.45) is 0 Å². The Morgan fingerprint density at radius 3 is 2.60 bits per heavy atom. The van der Waals surface area contributed by atoms with Gasteiger partial charge in [0.05, 0.1) is 10.2 Å². The van der Waals surface area contributed by atoms with Gasteiger partial charge in [0.25, 0.3) is 0 Å². The van der Waals surface area contributed by atoms with Gasteiger partial charge in [-0.2, -0.15) is 0 Å². The molecule has 0 aliphatic rings. The molecule has 0 bridgehead atoms. The van der Waals surface area contributed by atoms with Crippen molar-refractivity contribution in [3.8, 4) is 5.69 Å². The third-order valence-corrected chi connectivity index (χ3v) is 2.82. The molecule has 1 aromatic carbocycles. The minimum absolute atomic E-state index is 0.196. The van der Waals surface area contributed by atoms with Gasteiger partial charge < -0.3 is 4.98 Å². The summed E-state index contributed by atoms with van der Waals surface area (Å²) in [7, 11) is 0. The number of nitrogens with one attached hydrogen (secondary N) is 1. The second kappa shape index (κ2) is 3.86. The van der Waals surface area contributed by atoms with Gasteiger partial charge in [0.1, 0.15) is 11.6 Å². The van der Waals surface area contributed by atoms with Crippen LogP contribution in [0.5, 0.6) is 0 Å². The van der Waals surface area contributed by atoms with Crippen molar-refractivity contribution in [3.63, 3.8) is 0 Å². The standard InChI is InChI=1S/C9H5BrF2N2S/c10-5-3-8(7(12)4-6(5)11)14-2-1-13-9(14)15/h1-4H,(H,13,15). The Bertz CT molecular complexity index is 561. The number of rotatable bonds is 1. The molecule has 0 unspecified atom stereocenters. The van der Waals surface area contributed by atoms with Crippen LogP contribution in [0.1, 0.15) is 0 Å². The van der Waals surface area contributed by atoms with E-state index in [0.29, 0.717) is 4.77 Å². The number of H-pyrrole nitrogens is 1. The lowest BCUT2D eigenvalue weighted by atomic mass is 10.3. The second-order valence-electron chi connectivity index (χ2n) is 2.85. The quantitative estimate of drug-likeness (QED) is 0.629. The molecule has 6 heteroatoms. The Morgan fingerprint density at radius 1 is 1.27 bits per heavy atom. The van der Waals surface area contributed by atoms with Gasteiger partial charge in [-0.1, -0.05) is 0 Å². The van der Waals surface area contributed by atoms with Crippen LogP contribution < -0.4 is 0 Å². The highest BCUT2D eigenvalue weighted by molar-refractivity contribution is 9.10. The van der Waals surface area contributed by atoms with Gasteiger partial charge in [0, 0.05) is 18.5 Å². The van der Waals surface area contributed by atoms with E-state index in [0.717, 1.165) is 6.07 Å². The van der Waals surface area contributed by atoms with E-state index >= 15 is 0 Å². The van der Waals surface area contributed by atoms with Crippen LogP contribution in [0, 0.1) is 16.4 Å². The van der Waals surface area contributed by atoms with Gasteiger partial charge in [-0.05, 0) is 34.2 Å². The molecule has 0 saturated heterocycles. The molecule has 0 radical (unpaired) electrons. The molecule has 15 heavy (non-hydrogen) atoms. The molecule has 0 aliphatic heterocycles. The number of aromatic amines is 1. The van der Waals surface area contributed by atoms with Crippen LogP contribution in [-0.4, -0.2) is 9.55 Å². The van der Waals surface area contributed by atoms with Crippen LogP contribution in [0.15, 0.2) is 29.0 Å². The summed E-state index contributed by atoms with van der Waals surface area (Å²) in [4.78, 5) is 2.73. The first kappa shape index (κ1) is 10.5. The minimum Gasteiger partial charge on any atom is -0.337 e. The van der Waals surface area contributed by atoms with Crippen molar-refractivity contribution in [1.29, 1.82) is 0 Å². The molecule has 0 atom stereocenters. The van der Waals surface area contributed by atoms with E-state index in [1.165, 1.54) is 10.6 Å². The average Bonchev–Trinajstić information content (AvgIpc) is 2.58. The molecule has 0 spiro atoms. The highest BCUT2D eigenvalue weighted by Gasteiger charge is 2.10. The Kier molecular flexibility index (Phi) is 2.70. The number of imidazole rings is 1. The normalized spacial score (nSPS) is 10.6. The lowest BCUT2D eigenvalue weighted by molar-refractivity contribution is 0.573. The van der Waals surface area contributed by atoms with Crippen molar-refractivity contribution < 1.29 is 8.78 Å². The van der Waals surface area contributed by atoms with Crippen molar-refractivity contribution >= 4 is 28.1 Å². The zero-order valence-electron chi connectivity index (χ0n) is 7.30. The highest BCUT2D eigenvalue weighted by Crippen LogP contribution is 2.22. The highest BCUT2D eigenvalue weighted by atomic mass is 79.9. The van der Waals surface area contributed by atoms with E-state index in [9.17, 15) is 8.78 Å². The molecule has 2 aromatic rings. The molecule has 0 saturated carbocycles. The molecule has 1 heterocycles. The number of nitrogens with zero attached hydrogens (tertiary/aromatic N) is 1. The van der Waals surface area contributed by atoms with Crippen LogP contribution in [0.25, 0.3) is 5.69 Å². The van der Waals surface area contributed by atoms with Crippen LogP contribution >= 0.6 is 28.1 Å². The SMILES string of the molecule is Fc1cc(F)c(-n2cc[nH]c2=S)cc1Br. The molecule has 1 N–H and O–H groups in total. The Hall–Kier alpha value is -1.01. The molecule has 2 rings (SSSR count). The summed E-state index contributed by atoms with van der Waals surface area (Å²) >= 11 is 7.93. The number of hydrogen-bond acceptors (Lipinski definition) is 1. The number of aromatic nitrogens is 2. The third-order valence-electron chi connectivity index (χ3n) is 1.90. The Morgan fingerprint density at radius 2 is 2.00 bits per heavy atom. The Balaban J connectivity index is 2.69. The van der Waals surface area contributed by atoms with Crippen LogP contribution in [0.2, 0.25) is 0 Å². The zero-order valence-corrected chi connectivity index (χ0v) is 9.70. The number of hydrogen-bond donors (Lipinski definition) is 1. The van der Waals surface area contributed by atoms with E-state index in [4.69, 9.17) is 12.2 Å². The van der Waals surface area contributed by atoms with Gasteiger partial charge in [0.15, 0.2) is 4.77 Å². The summed E-state index contributed by atoms with van der Waals surface area (Å²) in [5.74, 6) is -1.30. The summed E-state index contributed by atoms with van der Waals surface area (Å²) in [6, 6.07) is 2.16. The van der Waals surface area contributed by atoms with Crippen LogP contribution in [0.4, 0.5) is 8.78 Å². The minimum atomic E-state index is -0.661. The molecule has 0 fully saturated rings. The largest absolute Gasteiger partial charge is 0.337 e. The summed E-state index contributed by atoms with van der Waals surface area (Å²) in [6.07, 6.45) is 3.16. The molecule has 0 aliphatic carbocycles. The molecular weight excluding hydrogens is 286 g/mol. The average molecular weight is 291 g/mol. The molecule has 78 valence electrons. The van der Waals surface area contributed by atoms with Gasteiger partial charge in [-0.25, -0.2) is 8.78 Å². The Labute approximate surface area is 97.7 Å². The lowest BCUT2D eigenvalue weighted by Crippen LogP contribution is -1.97. The number of halogens is 3. The maximum Gasteiger partial charge on any atom is 0.181 e. The van der Waals surface area contributed by atoms with Gasteiger partial charge in [-0.3, -0.25) is 4.57 Å². The van der Waals surface area contributed by atoms with Crippen molar-refractivity contribution in [2.45, 2.75) is 0 Å². The van der Waals surface area contributed by atoms with Gasteiger partial charge in [0.2, 0.25) is 0 Å². The first-order valence-electron chi connectivity index (χ1n) is 4.00. The van der Waals surface area contributed by atoms with Gasteiger partial charge in [-0.15, -0.1) is 0 Å². The smallest absolute Gasteiger partial charge is 0.181 e. The molecule has 2 nitrogen and oxygen atoms in total. The lowest BCUT2D eigenvalue weighted by Gasteiger charge is -2.05. The number of benzene rings is 1. The fourth-order valence-electron chi connectivity index (χ4n) is 1.21. The van der Waals surface area contributed by atoms with Crippen molar-refractivity contribution in [3.05, 3.63) is 45.4 Å². The molecule has 1 aromatic heterocycles. The molecule has 0 amide bonds. The monoisotopic (exact) mass is 290 g/mol. The van der Waals surface area contributed by atoms with E-state index in [-0.39, 0.29) is 10.2 Å². The van der Waals surface area contributed by atoms with Crippen LogP contribution in [0.3, 0.4) is 0 Å². The predicted molar refractivity (Wildman–Crippen MR) is 58.6 cm³/mol. The van der Waals surface area contributed by atoms with Crippen LogP contribution in [-0.2, 0) is 0 Å². The summed E-state index contributed by atoms with van der Waals surface area (Å²) in [5, 5.41) is 0. The zero-order chi connectivity index (χ0) is 11.0. The van der Waals surface area contributed by atoms with Gasteiger partial charge >= 0.3 is 0 Å².